The molecule has 2 rings (SSSR count). The molecule has 1 aliphatic rings. The zero-order valence-electron chi connectivity index (χ0n) is 11.3. The van der Waals surface area contributed by atoms with Crippen molar-refractivity contribution >= 4 is 9.84 Å². The van der Waals surface area contributed by atoms with E-state index in [0.717, 1.165) is 0 Å². The predicted octanol–water partition coefficient (Wildman–Crippen LogP) is 1.66. The summed E-state index contributed by atoms with van der Waals surface area (Å²) in [5.74, 6) is 0.381. The van der Waals surface area contributed by atoms with Crippen LogP contribution in [0, 0.1) is 11.3 Å². The van der Waals surface area contributed by atoms with Crippen LogP contribution >= 0.6 is 0 Å². The molecule has 0 amide bonds. The number of rotatable bonds is 4. The van der Waals surface area contributed by atoms with Gasteiger partial charge in [0.1, 0.15) is 11.8 Å². The number of hydrogen-bond donors (Lipinski definition) is 0. The number of nitrogens with zero attached hydrogens (tertiary/aromatic N) is 1. The van der Waals surface area contributed by atoms with Crippen molar-refractivity contribution in [2.45, 2.75) is 23.8 Å². The highest BCUT2D eigenvalue weighted by Crippen LogP contribution is 2.24. The highest BCUT2D eigenvalue weighted by molar-refractivity contribution is 7.91. The molecular weight excluding hydrogens is 278 g/mol. The third-order valence-electron chi connectivity index (χ3n) is 3.43. The minimum atomic E-state index is -3.20. The average molecular weight is 295 g/mol. The van der Waals surface area contributed by atoms with Crippen LogP contribution in [0.25, 0.3) is 0 Å². The third-order valence-corrected chi connectivity index (χ3v) is 5.65. The Kier molecular flexibility index (Phi) is 4.63. The molecule has 0 unspecified atom stereocenters. The SMILES string of the molecule is COc1cc(CS(=O)(=O)C2CCOCC2)ccc1C#N. The van der Waals surface area contributed by atoms with Crippen molar-refractivity contribution in [1.29, 1.82) is 5.26 Å². The van der Waals surface area contributed by atoms with Gasteiger partial charge in [-0.25, -0.2) is 8.42 Å². The largest absolute Gasteiger partial charge is 0.495 e. The first-order chi connectivity index (χ1) is 9.56. The van der Waals surface area contributed by atoms with Gasteiger partial charge in [-0.3, -0.25) is 0 Å². The van der Waals surface area contributed by atoms with Gasteiger partial charge in [0.25, 0.3) is 0 Å². The molecule has 1 fully saturated rings. The normalized spacial score (nSPS) is 16.6. The third kappa shape index (κ3) is 3.30. The second kappa shape index (κ2) is 6.25. The molecule has 1 aromatic carbocycles. The summed E-state index contributed by atoms with van der Waals surface area (Å²) in [5.41, 5.74) is 1.05. The lowest BCUT2D eigenvalue weighted by Gasteiger charge is -2.22. The van der Waals surface area contributed by atoms with E-state index < -0.39 is 9.84 Å². The molecule has 1 aromatic rings. The fraction of sp³-hybridized carbons (Fsp3) is 0.500. The number of methoxy groups -OCH3 is 1. The monoisotopic (exact) mass is 295 g/mol. The molecule has 0 atom stereocenters. The van der Waals surface area contributed by atoms with Crippen LogP contribution in [-0.2, 0) is 20.3 Å². The quantitative estimate of drug-likeness (QED) is 0.844. The molecular formula is C14H17NO4S. The van der Waals surface area contributed by atoms with Crippen LogP contribution in [0.2, 0.25) is 0 Å². The summed E-state index contributed by atoms with van der Waals surface area (Å²) >= 11 is 0. The molecule has 0 aromatic heterocycles. The molecule has 0 aliphatic carbocycles. The second-order valence-electron chi connectivity index (χ2n) is 4.77. The molecule has 1 heterocycles. The fourth-order valence-electron chi connectivity index (χ4n) is 2.30. The average Bonchev–Trinajstić information content (AvgIpc) is 2.47. The summed E-state index contributed by atoms with van der Waals surface area (Å²) in [5, 5.41) is 8.58. The molecule has 0 saturated carbocycles. The molecule has 5 nitrogen and oxygen atoms in total. The standard InChI is InChI=1S/C14H17NO4S/c1-18-14-8-11(2-3-12(14)9-15)10-20(16,17)13-4-6-19-7-5-13/h2-3,8,13H,4-7,10H2,1H3. The Bertz CT molecular complexity index is 613. The number of sulfone groups is 1. The van der Waals surface area contributed by atoms with E-state index in [1.54, 1.807) is 18.2 Å². The van der Waals surface area contributed by atoms with Crippen LogP contribution in [0.3, 0.4) is 0 Å². The maximum absolute atomic E-state index is 12.3. The lowest BCUT2D eigenvalue weighted by atomic mass is 10.1. The number of benzene rings is 1. The van der Waals surface area contributed by atoms with E-state index in [0.29, 0.717) is 42.9 Å². The molecule has 1 aliphatic heterocycles. The van der Waals surface area contributed by atoms with Crippen LogP contribution in [0.15, 0.2) is 18.2 Å². The first-order valence-electron chi connectivity index (χ1n) is 6.43. The fourth-order valence-corrected chi connectivity index (χ4v) is 4.09. The van der Waals surface area contributed by atoms with Crippen molar-refractivity contribution in [2.75, 3.05) is 20.3 Å². The van der Waals surface area contributed by atoms with Crippen molar-refractivity contribution in [3.05, 3.63) is 29.3 Å². The van der Waals surface area contributed by atoms with Gasteiger partial charge in [0.2, 0.25) is 0 Å². The predicted molar refractivity (Wildman–Crippen MR) is 74.2 cm³/mol. The second-order valence-corrected chi connectivity index (χ2v) is 7.05. The lowest BCUT2D eigenvalue weighted by molar-refractivity contribution is 0.0983. The Morgan fingerprint density at radius 3 is 2.70 bits per heavy atom. The zero-order chi connectivity index (χ0) is 14.6. The zero-order valence-corrected chi connectivity index (χ0v) is 12.1. The molecule has 0 radical (unpaired) electrons. The van der Waals surface area contributed by atoms with Gasteiger partial charge in [-0.15, -0.1) is 0 Å². The van der Waals surface area contributed by atoms with E-state index in [-0.39, 0.29) is 11.0 Å². The highest BCUT2D eigenvalue weighted by Gasteiger charge is 2.28. The first-order valence-corrected chi connectivity index (χ1v) is 8.14. The summed E-state index contributed by atoms with van der Waals surface area (Å²) in [7, 11) is -1.73. The van der Waals surface area contributed by atoms with Crippen molar-refractivity contribution in [1.82, 2.24) is 0 Å². The number of ether oxygens (including phenoxy) is 2. The summed E-state index contributed by atoms with van der Waals surface area (Å²) < 4.78 is 35.0. The van der Waals surface area contributed by atoms with Crippen molar-refractivity contribution in [3.63, 3.8) is 0 Å². The molecule has 0 spiro atoms. The summed E-state index contributed by atoms with van der Waals surface area (Å²) in [6.45, 7) is 1.00. The van der Waals surface area contributed by atoms with E-state index in [1.165, 1.54) is 7.11 Å². The minimum Gasteiger partial charge on any atom is -0.495 e. The Morgan fingerprint density at radius 1 is 1.40 bits per heavy atom. The van der Waals surface area contributed by atoms with E-state index in [4.69, 9.17) is 14.7 Å². The van der Waals surface area contributed by atoms with Crippen molar-refractivity contribution in [3.8, 4) is 11.8 Å². The Hall–Kier alpha value is -1.58. The van der Waals surface area contributed by atoms with Crippen LogP contribution in [0.4, 0.5) is 0 Å². The number of hydrogen-bond acceptors (Lipinski definition) is 5. The van der Waals surface area contributed by atoms with Crippen molar-refractivity contribution < 1.29 is 17.9 Å². The van der Waals surface area contributed by atoms with Gasteiger partial charge in [0, 0.05) is 13.2 Å². The molecule has 108 valence electrons. The minimum absolute atomic E-state index is 0.0280. The Labute approximate surface area is 119 Å². The molecule has 0 bridgehead atoms. The molecule has 6 heteroatoms. The maximum Gasteiger partial charge on any atom is 0.157 e. The van der Waals surface area contributed by atoms with Gasteiger partial charge in [-0.2, -0.15) is 5.26 Å². The van der Waals surface area contributed by atoms with Gasteiger partial charge in [0.15, 0.2) is 9.84 Å². The molecule has 20 heavy (non-hydrogen) atoms. The highest BCUT2D eigenvalue weighted by atomic mass is 32.2. The smallest absolute Gasteiger partial charge is 0.157 e. The van der Waals surface area contributed by atoms with Gasteiger partial charge in [-0.1, -0.05) is 6.07 Å². The summed E-state index contributed by atoms with van der Waals surface area (Å²) in [6.07, 6.45) is 1.10. The molecule has 0 N–H and O–H groups in total. The van der Waals surface area contributed by atoms with Gasteiger partial charge < -0.3 is 9.47 Å². The summed E-state index contributed by atoms with van der Waals surface area (Å²) in [4.78, 5) is 0. The summed E-state index contributed by atoms with van der Waals surface area (Å²) in [6, 6.07) is 6.88. The molecule has 1 saturated heterocycles. The van der Waals surface area contributed by atoms with Gasteiger partial charge in [-0.05, 0) is 30.5 Å². The van der Waals surface area contributed by atoms with E-state index >= 15 is 0 Å². The van der Waals surface area contributed by atoms with Crippen LogP contribution in [0.1, 0.15) is 24.0 Å². The first kappa shape index (κ1) is 14.8. The van der Waals surface area contributed by atoms with Gasteiger partial charge >= 0.3 is 0 Å². The van der Waals surface area contributed by atoms with Gasteiger partial charge in [0.05, 0.1) is 23.7 Å². The number of nitriles is 1. The van der Waals surface area contributed by atoms with E-state index in [1.807, 2.05) is 6.07 Å². The topological polar surface area (TPSA) is 76.4 Å². The van der Waals surface area contributed by atoms with Crippen LogP contribution in [-0.4, -0.2) is 34.0 Å². The maximum atomic E-state index is 12.3. The lowest BCUT2D eigenvalue weighted by Crippen LogP contribution is -2.29. The van der Waals surface area contributed by atoms with E-state index in [2.05, 4.69) is 0 Å². The van der Waals surface area contributed by atoms with E-state index in [9.17, 15) is 8.42 Å². The van der Waals surface area contributed by atoms with Crippen molar-refractivity contribution in [2.24, 2.45) is 0 Å². The Morgan fingerprint density at radius 2 is 2.10 bits per heavy atom. The Balaban J connectivity index is 2.19. The van der Waals surface area contributed by atoms with Crippen LogP contribution < -0.4 is 4.74 Å². The van der Waals surface area contributed by atoms with Crippen LogP contribution in [0.5, 0.6) is 5.75 Å².